The SMILES string of the molecule is C=C(C)[C@@H]1CCC(C)=C[C@H]1c1c(O)cc(CCCCC)cc1OC(=O)C1(OP(=O)([O-])OCCCCCCCCCC)CCCCC1. The van der Waals surface area contributed by atoms with Crippen molar-refractivity contribution in [3.8, 4) is 11.5 Å². The molecular weight excluding hydrogens is 599 g/mol. The number of phosphoric acid groups is 1. The van der Waals surface area contributed by atoms with E-state index >= 15 is 0 Å². The number of esters is 1. The summed E-state index contributed by atoms with van der Waals surface area (Å²) in [5.41, 5.74) is 1.97. The second kappa shape index (κ2) is 19.2. The largest absolute Gasteiger partial charge is 0.756 e. The van der Waals surface area contributed by atoms with Gasteiger partial charge >= 0.3 is 5.97 Å². The van der Waals surface area contributed by atoms with E-state index < -0.39 is 19.4 Å². The normalized spacial score (nSPS) is 20.9. The van der Waals surface area contributed by atoms with E-state index in [0.29, 0.717) is 24.8 Å². The second-order valence-electron chi connectivity index (χ2n) is 13.8. The number of benzene rings is 1. The van der Waals surface area contributed by atoms with Crippen LogP contribution in [0.25, 0.3) is 0 Å². The maximum absolute atomic E-state index is 14.1. The molecule has 1 fully saturated rings. The minimum absolute atomic E-state index is 0.0361. The van der Waals surface area contributed by atoms with Gasteiger partial charge in [0.1, 0.15) is 11.5 Å². The van der Waals surface area contributed by atoms with E-state index in [1.54, 1.807) is 6.07 Å². The minimum atomic E-state index is -4.78. The molecular formula is C38H60O7P-. The number of phenols is 1. The van der Waals surface area contributed by atoms with Crippen LogP contribution in [0.4, 0.5) is 0 Å². The summed E-state index contributed by atoms with van der Waals surface area (Å²) >= 11 is 0. The summed E-state index contributed by atoms with van der Waals surface area (Å²) in [5.74, 6) is -0.533. The molecule has 0 radical (unpaired) electrons. The number of hydrogen-bond acceptors (Lipinski definition) is 7. The molecule has 0 amide bonds. The number of phenolic OH excluding ortho intramolecular Hbond substituents is 1. The zero-order valence-electron chi connectivity index (χ0n) is 29.1. The number of rotatable bonds is 20. The monoisotopic (exact) mass is 659 g/mol. The predicted molar refractivity (Wildman–Crippen MR) is 184 cm³/mol. The molecule has 0 heterocycles. The molecule has 0 bridgehead atoms. The van der Waals surface area contributed by atoms with E-state index in [1.165, 1.54) is 31.3 Å². The molecule has 0 saturated heterocycles. The van der Waals surface area contributed by atoms with Gasteiger partial charge in [0, 0.05) is 11.5 Å². The van der Waals surface area contributed by atoms with Crippen LogP contribution in [0.3, 0.4) is 0 Å². The zero-order valence-corrected chi connectivity index (χ0v) is 30.0. The smallest absolute Gasteiger partial charge is 0.344 e. The van der Waals surface area contributed by atoms with Crippen molar-refractivity contribution in [1.82, 2.24) is 0 Å². The Morgan fingerprint density at radius 3 is 2.28 bits per heavy atom. The van der Waals surface area contributed by atoms with Crippen molar-refractivity contribution in [3.63, 3.8) is 0 Å². The number of aryl methyl sites for hydroxylation is 1. The van der Waals surface area contributed by atoms with Crippen molar-refractivity contribution in [1.29, 1.82) is 0 Å². The maximum atomic E-state index is 14.1. The molecule has 1 aromatic rings. The lowest BCUT2D eigenvalue weighted by Crippen LogP contribution is -2.46. The van der Waals surface area contributed by atoms with Gasteiger partial charge in [-0.1, -0.05) is 102 Å². The van der Waals surface area contributed by atoms with Gasteiger partial charge in [-0.2, -0.15) is 0 Å². The highest BCUT2D eigenvalue weighted by molar-refractivity contribution is 7.46. The van der Waals surface area contributed by atoms with Crippen LogP contribution >= 0.6 is 7.82 Å². The quantitative estimate of drug-likeness (QED) is 0.0488. The number of phosphoric ester groups is 1. The maximum Gasteiger partial charge on any atom is 0.344 e. The standard InChI is InChI=1S/C38H61O7P/c1-6-8-10-11-12-13-14-19-25-43-46(41,42)45-38(23-17-15-18-24-38)37(40)44-35-28-31(20-16-9-7-2)27-34(39)36(35)33-26-30(5)21-22-32(33)29(3)4/h26-28,32-33,39H,3,6-25H2,1-2,4-5H3,(H,41,42)/p-1/t32-,33+/m0/s1. The number of carbonyl (C=O) groups is 1. The van der Waals surface area contributed by atoms with Crippen LogP contribution in [0, 0.1) is 5.92 Å². The number of ether oxygens (including phenoxy) is 1. The van der Waals surface area contributed by atoms with Crippen molar-refractivity contribution in [2.75, 3.05) is 6.61 Å². The highest BCUT2D eigenvalue weighted by Crippen LogP contribution is 2.50. The van der Waals surface area contributed by atoms with Gasteiger partial charge in [-0.05, 0) is 95.2 Å². The van der Waals surface area contributed by atoms with Crippen LogP contribution in [0.5, 0.6) is 11.5 Å². The van der Waals surface area contributed by atoms with E-state index in [0.717, 1.165) is 75.3 Å². The number of aromatic hydroxyl groups is 1. The fourth-order valence-electron chi connectivity index (χ4n) is 7.02. The Balaban J connectivity index is 1.82. The Morgan fingerprint density at radius 2 is 1.63 bits per heavy atom. The van der Waals surface area contributed by atoms with Crippen molar-refractivity contribution >= 4 is 13.8 Å². The van der Waals surface area contributed by atoms with Crippen molar-refractivity contribution in [2.45, 2.75) is 161 Å². The molecule has 46 heavy (non-hydrogen) atoms. The van der Waals surface area contributed by atoms with E-state index in [4.69, 9.17) is 13.8 Å². The van der Waals surface area contributed by atoms with Gasteiger partial charge in [-0.3, -0.25) is 9.09 Å². The highest BCUT2D eigenvalue weighted by atomic mass is 31.2. The van der Waals surface area contributed by atoms with E-state index in [-0.39, 0.29) is 42.8 Å². The molecule has 0 aliphatic heterocycles. The first-order valence-electron chi connectivity index (χ1n) is 18.1. The number of hydrogen-bond donors (Lipinski definition) is 1. The summed E-state index contributed by atoms with van der Waals surface area (Å²) in [6.45, 7) is 12.7. The van der Waals surface area contributed by atoms with Gasteiger partial charge in [-0.15, -0.1) is 0 Å². The third-order valence-electron chi connectivity index (χ3n) is 9.73. The molecule has 0 aromatic heterocycles. The number of carbonyl (C=O) groups excluding carboxylic acids is 1. The zero-order chi connectivity index (χ0) is 33.6. The lowest BCUT2D eigenvalue weighted by molar-refractivity contribution is -0.240. The van der Waals surface area contributed by atoms with Gasteiger partial charge < -0.3 is 19.3 Å². The van der Waals surface area contributed by atoms with Crippen molar-refractivity contribution < 1.29 is 33.1 Å². The molecule has 2 aliphatic rings. The van der Waals surface area contributed by atoms with Crippen molar-refractivity contribution in [3.05, 3.63) is 47.1 Å². The fourth-order valence-corrected chi connectivity index (χ4v) is 8.11. The van der Waals surface area contributed by atoms with Gasteiger partial charge in [-0.25, -0.2) is 4.79 Å². The Morgan fingerprint density at radius 1 is 1.00 bits per heavy atom. The van der Waals surface area contributed by atoms with E-state index in [1.807, 2.05) is 13.0 Å². The molecule has 3 atom stereocenters. The molecule has 260 valence electrons. The first-order valence-corrected chi connectivity index (χ1v) is 19.5. The lowest BCUT2D eigenvalue weighted by atomic mass is 9.73. The van der Waals surface area contributed by atoms with Crippen LogP contribution in [0.15, 0.2) is 35.9 Å². The van der Waals surface area contributed by atoms with Gasteiger partial charge in [0.2, 0.25) is 0 Å². The molecule has 7 nitrogen and oxygen atoms in total. The molecule has 2 aliphatic carbocycles. The van der Waals surface area contributed by atoms with Crippen LogP contribution in [0.1, 0.15) is 160 Å². The molecule has 1 aromatic carbocycles. The molecule has 1 unspecified atom stereocenters. The summed E-state index contributed by atoms with van der Waals surface area (Å²) in [4.78, 5) is 27.2. The Bertz CT molecular complexity index is 1200. The van der Waals surface area contributed by atoms with Gasteiger partial charge in [0.25, 0.3) is 7.82 Å². The Kier molecular flexibility index (Phi) is 16.1. The Hall–Kier alpha value is -1.92. The van der Waals surface area contributed by atoms with Crippen LogP contribution in [0.2, 0.25) is 0 Å². The first-order chi connectivity index (χ1) is 22.0. The second-order valence-corrected chi connectivity index (χ2v) is 15.1. The van der Waals surface area contributed by atoms with Crippen LogP contribution in [-0.4, -0.2) is 23.3 Å². The summed E-state index contributed by atoms with van der Waals surface area (Å²) in [6, 6.07) is 3.63. The van der Waals surface area contributed by atoms with Crippen LogP contribution in [-0.2, 0) is 24.8 Å². The third kappa shape index (κ3) is 11.6. The average Bonchev–Trinajstić information content (AvgIpc) is 3.00. The number of allylic oxidation sites excluding steroid dienone is 3. The predicted octanol–water partition coefficient (Wildman–Crippen LogP) is 10.4. The summed E-state index contributed by atoms with van der Waals surface area (Å²) < 4.78 is 30.3. The third-order valence-corrected chi connectivity index (χ3v) is 10.8. The number of unbranched alkanes of at least 4 members (excludes halogenated alkanes) is 9. The minimum Gasteiger partial charge on any atom is -0.756 e. The molecule has 1 N–H and O–H groups in total. The topological polar surface area (TPSA) is 105 Å². The average molecular weight is 660 g/mol. The summed E-state index contributed by atoms with van der Waals surface area (Å²) in [7, 11) is -4.78. The Labute approximate surface area is 278 Å². The van der Waals surface area contributed by atoms with Gasteiger partial charge in [0.15, 0.2) is 5.60 Å². The molecule has 8 heteroatoms. The van der Waals surface area contributed by atoms with Crippen LogP contribution < -0.4 is 9.63 Å². The molecule has 1 saturated carbocycles. The molecule has 0 spiro atoms. The highest BCUT2D eigenvalue weighted by Gasteiger charge is 2.46. The first kappa shape index (κ1) is 38.5. The summed E-state index contributed by atoms with van der Waals surface area (Å²) in [5, 5.41) is 11.5. The fraction of sp³-hybridized carbons (Fsp3) is 0.711. The molecule has 3 rings (SSSR count). The lowest BCUT2D eigenvalue weighted by Gasteiger charge is -2.39. The van der Waals surface area contributed by atoms with E-state index in [2.05, 4.69) is 33.4 Å². The van der Waals surface area contributed by atoms with E-state index in [9.17, 15) is 19.4 Å². The van der Waals surface area contributed by atoms with Gasteiger partial charge in [0.05, 0.1) is 6.61 Å². The van der Waals surface area contributed by atoms with Crippen molar-refractivity contribution in [2.24, 2.45) is 5.92 Å². The summed E-state index contributed by atoms with van der Waals surface area (Å²) in [6.07, 6.45) is 19.0.